The van der Waals surface area contributed by atoms with Crippen LogP contribution in [0.3, 0.4) is 0 Å². The Labute approximate surface area is 118 Å². The van der Waals surface area contributed by atoms with E-state index in [2.05, 4.69) is 15.9 Å². The van der Waals surface area contributed by atoms with E-state index in [1.807, 2.05) is 6.07 Å². The summed E-state index contributed by atoms with van der Waals surface area (Å²) in [5.41, 5.74) is -0.596. The molecule has 0 fully saturated rings. The summed E-state index contributed by atoms with van der Waals surface area (Å²) in [5.74, 6) is -0.521. The molecule has 94 valence electrons. The fourth-order valence-corrected chi connectivity index (χ4v) is 2.39. The van der Waals surface area contributed by atoms with Gasteiger partial charge in [-0.25, -0.2) is 4.39 Å². The highest BCUT2D eigenvalue weighted by Gasteiger charge is 2.28. The van der Waals surface area contributed by atoms with Gasteiger partial charge in [-0.3, -0.25) is 0 Å². The van der Waals surface area contributed by atoms with Crippen molar-refractivity contribution in [2.45, 2.75) is 12.5 Å². The van der Waals surface area contributed by atoms with Gasteiger partial charge in [-0.05, 0) is 36.8 Å². The summed E-state index contributed by atoms with van der Waals surface area (Å²) in [7, 11) is 0. The van der Waals surface area contributed by atoms with Gasteiger partial charge in [0.05, 0.1) is 0 Å². The smallest absolute Gasteiger partial charge is 0.131 e. The van der Waals surface area contributed by atoms with Crippen molar-refractivity contribution in [3.8, 4) is 0 Å². The van der Waals surface area contributed by atoms with Crippen molar-refractivity contribution in [3.05, 3.63) is 68.9 Å². The number of rotatable bonds is 2. The normalized spacial score (nSPS) is 14.3. The van der Waals surface area contributed by atoms with Crippen LogP contribution < -0.4 is 0 Å². The minimum Gasteiger partial charge on any atom is -0.381 e. The Morgan fingerprint density at radius 1 is 1.22 bits per heavy atom. The molecule has 0 radical (unpaired) electrons. The fraction of sp³-hybridized carbons (Fsp3) is 0.143. The number of hydrogen-bond donors (Lipinski definition) is 1. The van der Waals surface area contributed by atoms with Crippen LogP contribution in [0, 0.1) is 5.82 Å². The molecular formula is C14H11BrClFO. The Morgan fingerprint density at radius 3 is 2.56 bits per heavy atom. The molecule has 0 saturated heterocycles. The van der Waals surface area contributed by atoms with E-state index in [4.69, 9.17) is 11.6 Å². The summed E-state index contributed by atoms with van der Waals surface area (Å²) in [6.45, 7) is 1.56. The molecule has 1 unspecified atom stereocenters. The van der Waals surface area contributed by atoms with E-state index in [1.54, 1.807) is 31.2 Å². The van der Waals surface area contributed by atoms with E-state index < -0.39 is 11.4 Å². The number of aliphatic hydroxyl groups is 1. The lowest BCUT2D eigenvalue weighted by Crippen LogP contribution is -2.24. The van der Waals surface area contributed by atoms with E-state index in [-0.39, 0.29) is 5.56 Å². The van der Waals surface area contributed by atoms with Crippen molar-refractivity contribution in [2.75, 3.05) is 0 Å². The second kappa shape index (κ2) is 5.00. The minimum atomic E-state index is -1.40. The third-order valence-corrected chi connectivity index (χ3v) is 3.57. The van der Waals surface area contributed by atoms with Crippen molar-refractivity contribution in [1.29, 1.82) is 0 Å². The molecule has 0 aliphatic heterocycles. The zero-order valence-electron chi connectivity index (χ0n) is 9.62. The van der Waals surface area contributed by atoms with E-state index in [0.29, 0.717) is 10.6 Å². The van der Waals surface area contributed by atoms with Gasteiger partial charge in [0.25, 0.3) is 0 Å². The molecule has 18 heavy (non-hydrogen) atoms. The van der Waals surface area contributed by atoms with E-state index in [9.17, 15) is 9.50 Å². The number of hydrogen-bond acceptors (Lipinski definition) is 1. The van der Waals surface area contributed by atoms with Crippen molar-refractivity contribution in [1.82, 2.24) is 0 Å². The summed E-state index contributed by atoms with van der Waals surface area (Å²) in [5, 5.41) is 10.9. The molecule has 0 aliphatic rings. The summed E-state index contributed by atoms with van der Waals surface area (Å²) < 4.78 is 14.7. The molecule has 2 aromatic carbocycles. The molecular weight excluding hydrogens is 319 g/mol. The molecule has 0 aliphatic carbocycles. The van der Waals surface area contributed by atoms with Gasteiger partial charge >= 0.3 is 0 Å². The molecule has 1 N–H and O–H groups in total. The predicted molar refractivity (Wildman–Crippen MR) is 74.2 cm³/mol. The zero-order valence-corrected chi connectivity index (χ0v) is 12.0. The lowest BCUT2D eigenvalue weighted by Gasteiger charge is -2.25. The van der Waals surface area contributed by atoms with E-state index >= 15 is 0 Å². The Bertz CT molecular complexity index is 584. The van der Waals surface area contributed by atoms with E-state index in [1.165, 1.54) is 12.1 Å². The third kappa shape index (κ3) is 2.58. The molecule has 1 nitrogen and oxygen atoms in total. The second-order valence-corrected chi connectivity index (χ2v) is 5.56. The summed E-state index contributed by atoms with van der Waals surface area (Å²) in [6.07, 6.45) is 0. The van der Waals surface area contributed by atoms with Crippen molar-refractivity contribution in [2.24, 2.45) is 0 Å². The van der Waals surface area contributed by atoms with Crippen LogP contribution in [0.1, 0.15) is 18.1 Å². The average molecular weight is 330 g/mol. The highest BCUT2D eigenvalue weighted by atomic mass is 79.9. The average Bonchev–Trinajstić information content (AvgIpc) is 2.28. The lowest BCUT2D eigenvalue weighted by molar-refractivity contribution is 0.0979. The quantitative estimate of drug-likeness (QED) is 0.860. The van der Waals surface area contributed by atoms with Crippen LogP contribution in [0.25, 0.3) is 0 Å². The van der Waals surface area contributed by atoms with Gasteiger partial charge in [0.1, 0.15) is 11.4 Å². The number of halogens is 3. The van der Waals surface area contributed by atoms with Crippen LogP contribution >= 0.6 is 27.5 Å². The first kappa shape index (κ1) is 13.5. The summed E-state index contributed by atoms with van der Waals surface area (Å²) in [4.78, 5) is 0. The van der Waals surface area contributed by atoms with Gasteiger partial charge in [0, 0.05) is 15.1 Å². The molecule has 4 heteroatoms. The highest BCUT2D eigenvalue weighted by Crippen LogP contribution is 2.33. The Morgan fingerprint density at radius 2 is 1.94 bits per heavy atom. The molecule has 0 amide bonds. The van der Waals surface area contributed by atoms with Crippen molar-refractivity contribution in [3.63, 3.8) is 0 Å². The molecule has 1 atom stereocenters. The molecule has 0 saturated carbocycles. The minimum absolute atomic E-state index is 0.199. The first-order chi connectivity index (χ1) is 8.41. The summed E-state index contributed by atoms with van der Waals surface area (Å²) >= 11 is 9.04. The van der Waals surface area contributed by atoms with Gasteiger partial charge in [0.15, 0.2) is 0 Å². The van der Waals surface area contributed by atoms with Crippen LogP contribution in [0.5, 0.6) is 0 Å². The predicted octanol–water partition coefficient (Wildman–Crippen LogP) is 4.50. The van der Waals surface area contributed by atoms with Crippen LogP contribution in [0.2, 0.25) is 5.02 Å². The Kier molecular flexibility index (Phi) is 3.76. The largest absolute Gasteiger partial charge is 0.381 e. The highest BCUT2D eigenvalue weighted by molar-refractivity contribution is 9.10. The Balaban J connectivity index is 2.53. The third-order valence-electron chi connectivity index (χ3n) is 2.84. The van der Waals surface area contributed by atoms with Crippen LogP contribution in [0.15, 0.2) is 46.9 Å². The topological polar surface area (TPSA) is 20.2 Å². The van der Waals surface area contributed by atoms with E-state index in [0.717, 1.165) is 4.47 Å². The molecule has 0 heterocycles. The molecule has 0 bridgehead atoms. The van der Waals surface area contributed by atoms with Gasteiger partial charge in [-0.2, -0.15) is 0 Å². The SMILES string of the molecule is CC(O)(c1cccc(Br)c1)c1ccc(Cl)cc1F. The van der Waals surface area contributed by atoms with Crippen LogP contribution in [0.4, 0.5) is 4.39 Å². The number of benzene rings is 2. The first-order valence-electron chi connectivity index (χ1n) is 5.35. The molecule has 2 aromatic rings. The maximum Gasteiger partial charge on any atom is 0.131 e. The Hall–Kier alpha value is -0.900. The standard InChI is InChI=1S/C14H11BrClFO/c1-14(18,9-3-2-4-10(15)7-9)12-6-5-11(16)8-13(12)17/h2-8,18H,1H3. The zero-order chi connectivity index (χ0) is 13.3. The van der Waals surface area contributed by atoms with Crippen molar-refractivity contribution >= 4 is 27.5 Å². The van der Waals surface area contributed by atoms with Crippen LogP contribution in [-0.2, 0) is 5.60 Å². The summed E-state index contributed by atoms with van der Waals surface area (Å²) in [6, 6.07) is 11.4. The molecule has 2 rings (SSSR count). The van der Waals surface area contributed by atoms with Crippen molar-refractivity contribution < 1.29 is 9.50 Å². The van der Waals surface area contributed by atoms with Gasteiger partial charge in [0.2, 0.25) is 0 Å². The monoisotopic (exact) mass is 328 g/mol. The maximum atomic E-state index is 13.9. The first-order valence-corrected chi connectivity index (χ1v) is 6.52. The van der Waals surface area contributed by atoms with Gasteiger partial charge in [-0.15, -0.1) is 0 Å². The maximum absolute atomic E-state index is 13.9. The lowest BCUT2D eigenvalue weighted by atomic mass is 9.88. The molecule has 0 aromatic heterocycles. The second-order valence-electron chi connectivity index (χ2n) is 4.21. The van der Waals surface area contributed by atoms with Gasteiger partial charge in [-0.1, -0.05) is 45.7 Å². The fourth-order valence-electron chi connectivity index (χ4n) is 1.83. The van der Waals surface area contributed by atoms with Crippen LogP contribution in [-0.4, -0.2) is 5.11 Å². The molecule has 0 spiro atoms. The van der Waals surface area contributed by atoms with Gasteiger partial charge < -0.3 is 5.11 Å².